The zero-order chi connectivity index (χ0) is 10.7. The molecule has 0 amide bonds. The minimum absolute atomic E-state index is 0.487. The zero-order valence-electron chi connectivity index (χ0n) is 8.89. The van der Waals surface area contributed by atoms with Crippen molar-refractivity contribution in [2.24, 2.45) is 5.73 Å². The van der Waals surface area contributed by atoms with Gasteiger partial charge < -0.3 is 11.1 Å². The first-order valence-electron chi connectivity index (χ1n) is 4.61. The quantitative estimate of drug-likeness (QED) is 0.688. The highest BCUT2D eigenvalue weighted by Gasteiger charge is 2.05. The first kappa shape index (κ1) is 10.5. The predicted octanol–water partition coefficient (Wildman–Crippen LogP) is 2.53. The monoisotopic (exact) mass is 188 g/mol. The third-order valence-corrected chi connectivity index (χ3v) is 2.12. The molecule has 0 aromatic heterocycles. The molecular formula is C12H16N2. The molecule has 0 spiro atoms. The van der Waals surface area contributed by atoms with Crippen molar-refractivity contribution in [3.8, 4) is 0 Å². The fourth-order valence-electron chi connectivity index (χ4n) is 1.54. The molecular weight excluding hydrogens is 172 g/mol. The Labute approximate surface area is 85.0 Å². The average Bonchev–Trinajstić information content (AvgIpc) is 2.01. The van der Waals surface area contributed by atoms with E-state index in [-0.39, 0.29) is 0 Å². The van der Waals surface area contributed by atoms with Gasteiger partial charge in [-0.1, -0.05) is 18.2 Å². The molecule has 74 valence electrons. The molecule has 14 heavy (non-hydrogen) atoms. The fourth-order valence-corrected chi connectivity index (χ4v) is 1.54. The first-order valence-corrected chi connectivity index (χ1v) is 4.61. The standard InChI is InChI=1S/C12H16N2/c1-8-5-4-6-9(2)12(8)11(14)7-10(3)13/h4-7,14H,13H2,1-3H3/b10-7-,14-11?. The van der Waals surface area contributed by atoms with E-state index in [0.717, 1.165) is 16.7 Å². The van der Waals surface area contributed by atoms with E-state index in [0.29, 0.717) is 11.4 Å². The predicted molar refractivity (Wildman–Crippen MR) is 60.7 cm³/mol. The van der Waals surface area contributed by atoms with Gasteiger partial charge in [0.25, 0.3) is 0 Å². The van der Waals surface area contributed by atoms with E-state index in [4.69, 9.17) is 11.1 Å². The molecule has 0 saturated carbocycles. The molecule has 0 fully saturated rings. The van der Waals surface area contributed by atoms with Gasteiger partial charge in [-0.25, -0.2) is 0 Å². The highest BCUT2D eigenvalue weighted by molar-refractivity contribution is 6.08. The van der Waals surface area contributed by atoms with Crippen molar-refractivity contribution >= 4 is 5.71 Å². The largest absolute Gasteiger partial charge is 0.402 e. The van der Waals surface area contributed by atoms with Gasteiger partial charge >= 0.3 is 0 Å². The molecule has 0 heterocycles. The normalized spacial score (nSPS) is 11.5. The molecule has 0 atom stereocenters. The lowest BCUT2D eigenvalue weighted by Gasteiger charge is -2.08. The van der Waals surface area contributed by atoms with Crippen LogP contribution >= 0.6 is 0 Å². The summed E-state index contributed by atoms with van der Waals surface area (Å²) in [5.74, 6) is 0. The maximum Gasteiger partial charge on any atom is 0.0634 e. The summed E-state index contributed by atoms with van der Waals surface area (Å²) in [5, 5.41) is 7.89. The highest BCUT2D eigenvalue weighted by atomic mass is 14.6. The van der Waals surface area contributed by atoms with Crippen molar-refractivity contribution in [3.63, 3.8) is 0 Å². The van der Waals surface area contributed by atoms with Crippen LogP contribution in [0.2, 0.25) is 0 Å². The van der Waals surface area contributed by atoms with E-state index >= 15 is 0 Å². The molecule has 2 heteroatoms. The molecule has 0 unspecified atom stereocenters. The number of nitrogens with two attached hydrogens (primary N) is 1. The first-order chi connectivity index (χ1) is 6.52. The van der Waals surface area contributed by atoms with Gasteiger partial charge in [-0.05, 0) is 38.0 Å². The van der Waals surface area contributed by atoms with Crippen molar-refractivity contribution < 1.29 is 0 Å². The average molecular weight is 188 g/mol. The second-order valence-electron chi connectivity index (χ2n) is 3.57. The number of hydrogen-bond donors (Lipinski definition) is 2. The third kappa shape index (κ3) is 2.22. The number of aryl methyl sites for hydroxylation is 2. The lowest BCUT2D eigenvalue weighted by atomic mass is 9.98. The summed E-state index contributed by atoms with van der Waals surface area (Å²) in [5.41, 5.74) is 9.92. The van der Waals surface area contributed by atoms with E-state index in [1.165, 1.54) is 0 Å². The zero-order valence-corrected chi connectivity index (χ0v) is 8.89. The summed E-state index contributed by atoms with van der Waals surface area (Å²) in [4.78, 5) is 0. The van der Waals surface area contributed by atoms with Crippen molar-refractivity contribution in [3.05, 3.63) is 46.7 Å². The molecule has 0 aliphatic heterocycles. The summed E-state index contributed by atoms with van der Waals surface area (Å²) in [6.07, 6.45) is 1.69. The molecule has 0 aliphatic carbocycles. The third-order valence-electron chi connectivity index (χ3n) is 2.12. The Morgan fingerprint density at radius 2 is 1.79 bits per heavy atom. The second kappa shape index (κ2) is 4.09. The molecule has 2 nitrogen and oxygen atoms in total. The smallest absolute Gasteiger partial charge is 0.0634 e. The van der Waals surface area contributed by atoms with Crippen molar-refractivity contribution in [2.45, 2.75) is 20.8 Å². The van der Waals surface area contributed by atoms with E-state index in [2.05, 4.69) is 0 Å². The van der Waals surface area contributed by atoms with Crippen LogP contribution in [0.4, 0.5) is 0 Å². The fraction of sp³-hybridized carbons (Fsp3) is 0.250. The van der Waals surface area contributed by atoms with Gasteiger partial charge in [0, 0.05) is 11.3 Å². The molecule has 0 radical (unpaired) electrons. The van der Waals surface area contributed by atoms with Crippen LogP contribution in [-0.4, -0.2) is 5.71 Å². The second-order valence-corrected chi connectivity index (χ2v) is 3.57. The van der Waals surface area contributed by atoms with E-state index < -0.39 is 0 Å². The Kier molecular flexibility index (Phi) is 3.07. The SMILES string of the molecule is C/C(N)=C/C(=N)c1c(C)cccc1C. The van der Waals surface area contributed by atoms with Crippen LogP contribution in [0.25, 0.3) is 0 Å². The molecule has 3 N–H and O–H groups in total. The van der Waals surface area contributed by atoms with Crippen LogP contribution in [0, 0.1) is 19.3 Å². The Balaban J connectivity index is 3.19. The maximum absolute atomic E-state index is 7.89. The molecule has 1 aromatic rings. The molecule has 0 aliphatic rings. The summed E-state index contributed by atoms with van der Waals surface area (Å²) < 4.78 is 0. The van der Waals surface area contributed by atoms with Crippen molar-refractivity contribution in [1.29, 1.82) is 5.41 Å². The van der Waals surface area contributed by atoms with Gasteiger partial charge in [-0.2, -0.15) is 0 Å². The van der Waals surface area contributed by atoms with Gasteiger partial charge in [0.2, 0.25) is 0 Å². The molecule has 1 rings (SSSR count). The Morgan fingerprint density at radius 1 is 1.29 bits per heavy atom. The summed E-state index contributed by atoms with van der Waals surface area (Å²) in [6, 6.07) is 6.02. The van der Waals surface area contributed by atoms with Gasteiger partial charge in [-0.15, -0.1) is 0 Å². The topological polar surface area (TPSA) is 49.9 Å². The summed E-state index contributed by atoms with van der Waals surface area (Å²) in [6.45, 7) is 5.81. The number of benzene rings is 1. The van der Waals surface area contributed by atoms with Crippen LogP contribution in [0.1, 0.15) is 23.6 Å². The minimum atomic E-state index is 0.487. The van der Waals surface area contributed by atoms with Gasteiger partial charge in [-0.3, -0.25) is 0 Å². The highest BCUT2D eigenvalue weighted by Crippen LogP contribution is 2.14. The van der Waals surface area contributed by atoms with Crippen LogP contribution in [0.3, 0.4) is 0 Å². The maximum atomic E-state index is 7.89. The Morgan fingerprint density at radius 3 is 2.21 bits per heavy atom. The van der Waals surface area contributed by atoms with Crippen LogP contribution in [-0.2, 0) is 0 Å². The van der Waals surface area contributed by atoms with Crippen LogP contribution < -0.4 is 5.73 Å². The summed E-state index contributed by atoms with van der Waals surface area (Å²) in [7, 11) is 0. The van der Waals surface area contributed by atoms with E-state index in [1.54, 1.807) is 13.0 Å². The van der Waals surface area contributed by atoms with Crippen LogP contribution in [0.5, 0.6) is 0 Å². The van der Waals surface area contributed by atoms with E-state index in [9.17, 15) is 0 Å². The van der Waals surface area contributed by atoms with Crippen LogP contribution in [0.15, 0.2) is 30.0 Å². The number of rotatable bonds is 2. The lowest BCUT2D eigenvalue weighted by Crippen LogP contribution is -2.04. The number of hydrogen-bond acceptors (Lipinski definition) is 2. The molecule has 0 bridgehead atoms. The molecule has 0 saturated heterocycles. The minimum Gasteiger partial charge on any atom is -0.402 e. The van der Waals surface area contributed by atoms with Gasteiger partial charge in [0.15, 0.2) is 0 Å². The molecule has 1 aromatic carbocycles. The van der Waals surface area contributed by atoms with Crippen molar-refractivity contribution in [2.75, 3.05) is 0 Å². The number of allylic oxidation sites excluding steroid dienone is 2. The lowest BCUT2D eigenvalue weighted by molar-refractivity contribution is 1.30. The Bertz CT molecular complexity index is 365. The van der Waals surface area contributed by atoms with Gasteiger partial charge in [0.1, 0.15) is 0 Å². The van der Waals surface area contributed by atoms with Crippen molar-refractivity contribution in [1.82, 2.24) is 0 Å². The summed E-state index contributed by atoms with van der Waals surface area (Å²) >= 11 is 0. The van der Waals surface area contributed by atoms with E-state index in [1.807, 2.05) is 32.0 Å². The number of nitrogens with one attached hydrogen (secondary N) is 1. The Hall–Kier alpha value is -1.57. The van der Waals surface area contributed by atoms with Gasteiger partial charge in [0.05, 0.1) is 5.71 Å².